The number of aryl methyl sites for hydroxylation is 1. The van der Waals surface area contributed by atoms with Crippen LogP contribution in [0.1, 0.15) is 16.9 Å². The first-order valence-electron chi connectivity index (χ1n) is 5.24. The normalized spacial score (nSPS) is 11.3. The molecule has 0 atom stereocenters. The molecule has 0 amide bonds. The lowest BCUT2D eigenvalue weighted by atomic mass is 10.4. The number of ether oxygens (including phenoxy) is 1. The number of rotatable bonds is 6. The van der Waals surface area contributed by atoms with Crippen LogP contribution in [0.15, 0.2) is 17.2 Å². The monoisotopic (exact) mass is 290 g/mol. The first-order valence-corrected chi connectivity index (χ1v) is 6.72. The minimum atomic E-state index is -3.84. The van der Waals surface area contributed by atoms with Gasteiger partial charge in [0.15, 0.2) is 0 Å². The van der Waals surface area contributed by atoms with E-state index in [1.165, 1.54) is 24.9 Å². The number of aliphatic carboxylic acids is 1. The average Bonchev–Trinajstić information content (AvgIpc) is 2.70. The van der Waals surface area contributed by atoms with Gasteiger partial charge in [-0.15, -0.1) is 0 Å². The van der Waals surface area contributed by atoms with E-state index < -0.39 is 22.0 Å². The van der Waals surface area contributed by atoms with Crippen LogP contribution < -0.4 is 4.72 Å². The molecular weight excluding hydrogens is 276 g/mol. The van der Waals surface area contributed by atoms with E-state index in [4.69, 9.17) is 5.11 Å². The van der Waals surface area contributed by atoms with Crippen LogP contribution in [0.25, 0.3) is 0 Å². The lowest BCUT2D eigenvalue weighted by molar-refractivity contribution is -0.136. The Bertz CT molecular complexity index is 589. The predicted octanol–water partition coefficient (Wildman–Crippen LogP) is -0.435. The molecule has 8 nitrogen and oxygen atoms in total. The van der Waals surface area contributed by atoms with E-state index in [9.17, 15) is 18.0 Å². The second-order valence-corrected chi connectivity index (χ2v) is 5.47. The average molecular weight is 290 g/mol. The molecule has 0 aliphatic carbocycles. The summed E-state index contributed by atoms with van der Waals surface area (Å²) in [5.74, 6) is -1.76. The fourth-order valence-electron chi connectivity index (χ4n) is 1.36. The first kappa shape index (κ1) is 15.2. The summed E-state index contributed by atoms with van der Waals surface area (Å²) >= 11 is 0. The van der Waals surface area contributed by atoms with Crippen LogP contribution >= 0.6 is 0 Å². The summed E-state index contributed by atoms with van der Waals surface area (Å²) in [7, 11) is -1.15. The molecule has 19 heavy (non-hydrogen) atoms. The summed E-state index contributed by atoms with van der Waals surface area (Å²) in [6.45, 7) is -0.222. The molecule has 0 saturated carbocycles. The smallest absolute Gasteiger partial charge is 0.354 e. The fourth-order valence-corrected chi connectivity index (χ4v) is 2.47. The van der Waals surface area contributed by atoms with Crippen molar-refractivity contribution >= 4 is 22.0 Å². The van der Waals surface area contributed by atoms with Crippen molar-refractivity contribution in [3.63, 3.8) is 0 Å². The number of hydrogen-bond acceptors (Lipinski definition) is 5. The minimum Gasteiger partial charge on any atom is -0.481 e. The second-order valence-electron chi connectivity index (χ2n) is 3.71. The van der Waals surface area contributed by atoms with Gasteiger partial charge in [-0.25, -0.2) is 17.9 Å². The molecule has 0 aromatic carbocycles. The van der Waals surface area contributed by atoms with Gasteiger partial charge in [0.05, 0.1) is 13.5 Å². The quantitative estimate of drug-likeness (QED) is 0.687. The third-order valence-electron chi connectivity index (χ3n) is 2.32. The zero-order valence-corrected chi connectivity index (χ0v) is 11.2. The van der Waals surface area contributed by atoms with Gasteiger partial charge >= 0.3 is 11.9 Å². The zero-order chi connectivity index (χ0) is 14.6. The van der Waals surface area contributed by atoms with Gasteiger partial charge < -0.3 is 14.4 Å². The van der Waals surface area contributed by atoms with E-state index in [1.807, 2.05) is 0 Å². The molecule has 106 valence electrons. The number of carboxylic acid groups (broad SMARTS) is 1. The highest BCUT2D eigenvalue weighted by Crippen LogP contribution is 2.14. The van der Waals surface area contributed by atoms with E-state index in [2.05, 4.69) is 9.46 Å². The van der Waals surface area contributed by atoms with Crippen molar-refractivity contribution < 1.29 is 27.9 Å². The summed E-state index contributed by atoms with van der Waals surface area (Å²) in [6.07, 6.45) is 0.922. The largest absolute Gasteiger partial charge is 0.481 e. The number of hydrogen-bond donors (Lipinski definition) is 2. The molecule has 0 saturated heterocycles. The van der Waals surface area contributed by atoms with Crippen molar-refractivity contribution in [1.82, 2.24) is 9.29 Å². The Labute approximate surface area is 110 Å². The lowest BCUT2D eigenvalue weighted by Crippen LogP contribution is -2.26. The van der Waals surface area contributed by atoms with Crippen molar-refractivity contribution in [3.8, 4) is 0 Å². The van der Waals surface area contributed by atoms with Crippen LogP contribution in [0.5, 0.6) is 0 Å². The molecule has 0 aliphatic rings. The van der Waals surface area contributed by atoms with Crippen LogP contribution in [-0.4, -0.2) is 43.7 Å². The zero-order valence-electron chi connectivity index (χ0n) is 10.4. The van der Waals surface area contributed by atoms with E-state index in [0.29, 0.717) is 0 Å². The van der Waals surface area contributed by atoms with Crippen LogP contribution in [0.2, 0.25) is 0 Å². The lowest BCUT2D eigenvalue weighted by Gasteiger charge is -2.02. The first-order chi connectivity index (χ1) is 8.77. The third-order valence-corrected chi connectivity index (χ3v) is 3.74. The Hall–Kier alpha value is -1.87. The van der Waals surface area contributed by atoms with Crippen molar-refractivity contribution in [2.75, 3.05) is 13.7 Å². The Morgan fingerprint density at radius 3 is 2.63 bits per heavy atom. The van der Waals surface area contributed by atoms with E-state index in [-0.39, 0.29) is 23.6 Å². The molecule has 0 bridgehead atoms. The molecule has 0 radical (unpaired) electrons. The van der Waals surface area contributed by atoms with Crippen molar-refractivity contribution in [1.29, 1.82) is 0 Å². The number of carbonyl (C=O) groups is 2. The molecule has 9 heteroatoms. The van der Waals surface area contributed by atoms with Crippen molar-refractivity contribution in [3.05, 3.63) is 18.0 Å². The maximum atomic E-state index is 11.8. The maximum Gasteiger partial charge on any atom is 0.354 e. The highest BCUT2D eigenvalue weighted by Gasteiger charge is 2.20. The number of nitrogens with zero attached hydrogens (tertiary/aromatic N) is 1. The Kier molecular flexibility index (Phi) is 4.67. The van der Waals surface area contributed by atoms with Gasteiger partial charge in [0.1, 0.15) is 10.6 Å². The molecule has 1 rings (SSSR count). The van der Waals surface area contributed by atoms with Gasteiger partial charge in [0, 0.05) is 19.8 Å². The number of aromatic nitrogens is 1. The maximum absolute atomic E-state index is 11.8. The number of sulfonamides is 1. The second kappa shape index (κ2) is 5.85. The third kappa shape index (κ3) is 3.80. The summed E-state index contributed by atoms with van der Waals surface area (Å²) in [5.41, 5.74) is 0.0844. The number of carboxylic acids is 1. The molecule has 2 N–H and O–H groups in total. The Balaban J connectivity index is 2.90. The number of nitrogens with one attached hydrogen (secondary N) is 1. The number of methoxy groups -OCH3 is 1. The number of esters is 1. The number of carbonyl (C=O) groups excluding carboxylic acids is 1. The summed E-state index contributed by atoms with van der Waals surface area (Å²) in [5, 5.41) is 8.43. The summed E-state index contributed by atoms with van der Waals surface area (Å²) < 4.78 is 31.6. The molecule has 0 aliphatic heterocycles. The van der Waals surface area contributed by atoms with Gasteiger partial charge in [0.2, 0.25) is 10.0 Å². The van der Waals surface area contributed by atoms with Gasteiger partial charge in [-0.2, -0.15) is 0 Å². The molecule has 0 fully saturated rings. The Morgan fingerprint density at radius 2 is 2.11 bits per heavy atom. The van der Waals surface area contributed by atoms with E-state index >= 15 is 0 Å². The highest BCUT2D eigenvalue weighted by atomic mass is 32.2. The minimum absolute atomic E-state index is 0.0844. The fraction of sp³-hybridized carbons (Fsp3) is 0.400. The van der Waals surface area contributed by atoms with Gasteiger partial charge in [-0.05, 0) is 6.07 Å². The van der Waals surface area contributed by atoms with E-state index in [1.54, 1.807) is 0 Å². The van der Waals surface area contributed by atoms with E-state index in [0.717, 1.165) is 6.07 Å². The van der Waals surface area contributed by atoms with Crippen molar-refractivity contribution in [2.45, 2.75) is 11.3 Å². The van der Waals surface area contributed by atoms with Crippen LogP contribution in [0, 0.1) is 0 Å². The standard InChI is InChI=1S/C10H14N2O6S/c1-12-6-7(5-8(12)10(15)18-2)19(16,17)11-4-3-9(13)14/h5-6,11H,3-4H2,1-2H3,(H,13,14). The Morgan fingerprint density at radius 1 is 1.47 bits per heavy atom. The van der Waals surface area contributed by atoms with Gasteiger partial charge in [0.25, 0.3) is 0 Å². The molecular formula is C10H14N2O6S. The van der Waals surface area contributed by atoms with Crippen molar-refractivity contribution in [2.24, 2.45) is 7.05 Å². The highest BCUT2D eigenvalue weighted by molar-refractivity contribution is 7.89. The molecule has 0 unspecified atom stereocenters. The van der Waals surface area contributed by atoms with Crippen LogP contribution in [0.3, 0.4) is 0 Å². The topological polar surface area (TPSA) is 115 Å². The summed E-state index contributed by atoms with van der Waals surface area (Å²) in [6, 6.07) is 1.16. The van der Waals surface area contributed by atoms with Crippen LogP contribution in [-0.2, 0) is 26.6 Å². The van der Waals surface area contributed by atoms with Crippen LogP contribution in [0.4, 0.5) is 0 Å². The predicted molar refractivity (Wildman–Crippen MR) is 64.2 cm³/mol. The van der Waals surface area contributed by atoms with Gasteiger partial charge in [-0.1, -0.05) is 0 Å². The summed E-state index contributed by atoms with van der Waals surface area (Å²) in [4.78, 5) is 21.5. The molecule has 1 heterocycles. The molecule has 0 spiro atoms. The van der Waals surface area contributed by atoms with Gasteiger partial charge in [-0.3, -0.25) is 4.79 Å². The molecule has 1 aromatic rings. The SMILES string of the molecule is COC(=O)c1cc(S(=O)(=O)NCCC(=O)O)cn1C. The molecule has 1 aromatic heterocycles.